The van der Waals surface area contributed by atoms with Gasteiger partial charge < -0.3 is 33.8 Å². The normalized spacial score (nSPS) is 10.7. The summed E-state index contributed by atoms with van der Waals surface area (Å²) < 4.78 is 26.9. The van der Waals surface area contributed by atoms with Crippen LogP contribution in [0.4, 0.5) is 0 Å². The van der Waals surface area contributed by atoms with Crippen LogP contribution in [0.2, 0.25) is 0 Å². The fourth-order valence-corrected chi connectivity index (χ4v) is 2.93. The highest BCUT2D eigenvalue weighted by molar-refractivity contribution is 5.87. The average Bonchev–Trinajstić information content (AvgIpc) is 2.75. The van der Waals surface area contributed by atoms with Gasteiger partial charge in [-0.1, -0.05) is 0 Å². The van der Waals surface area contributed by atoms with Gasteiger partial charge in [-0.3, -0.25) is 4.79 Å². The number of aliphatic hydroxyl groups is 1. The molecule has 0 saturated heterocycles. The van der Waals surface area contributed by atoms with Gasteiger partial charge >= 0.3 is 0 Å². The second kappa shape index (κ2) is 8.70. The summed E-state index contributed by atoms with van der Waals surface area (Å²) in [6.07, 6.45) is 0. The molecule has 0 bridgehead atoms. The van der Waals surface area contributed by atoms with Crippen molar-refractivity contribution in [1.82, 2.24) is 9.97 Å². The second-order valence-corrected chi connectivity index (χ2v) is 5.92. The number of nitrogens with zero attached hydrogens (tertiary/aromatic N) is 1. The summed E-state index contributed by atoms with van der Waals surface area (Å²) in [5.74, 6) is 2.28. The fourth-order valence-electron chi connectivity index (χ4n) is 2.93. The quantitative estimate of drug-likeness (QED) is 0.588. The standard InChI is InChI=1S/C20H22N2O7/c1-25-12-9-13-17(14(10-12)26-2)20(24)22-19(21-13)11-7-15(27-3)18(29-6-5-23)16(8-11)28-4/h7-10,23H,5-6H2,1-4H3,(H,21,22,24). The SMILES string of the molecule is COc1cc(OC)c2c(=O)[nH]c(-c3cc(OC)c(OCCO)c(OC)c3)nc2c1. The number of methoxy groups -OCH3 is 4. The van der Waals surface area contributed by atoms with Gasteiger partial charge in [-0.2, -0.15) is 0 Å². The van der Waals surface area contributed by atoms with E-state index in [2.05, 4.69) is 9.97 Å². The molecule has 1 heterocycles. The van der Waals surface area contributed by atoms with Crippen LogP contribution in [0.3, 0.4) is 0 Å². The van der Waals surface area contributed by atoms with E-state index in [1.54, 1.807) is 24.3 Å². The molecule has 0 aliphatic carbocycles. The van der Waals surface area contributed by atoms with Gasteiger partial charge in [0, 0.05) is 17.7 Å². The highest BCUT2D eigenvalue weighted by Gasteiger charge is 2.18. The molecule has 0 saturated carbocycles. The Morgan fingerprint density at radius 1 is 0.931 bits per heavy atom. The van der Waals surface area contributed by atoms with Gasteiger partial charge in [0.25, 0.3) is 5.56 Å². The number of fused-ring (bicyclic) bond motifs is 1. The summed E-state index contributed by atoms with van der Waals surface area (Å²) in [4.78, 5) is 20.1. The first kappa shape index (κ1) is 20.3. The number of nitrogens with one attached hydrogen (secondary N) is 1. The topological polar surface area (TPSA) is 112 Å². The Hall–Kier alpha value is -3.46. The molecule has 154 valence electrons. The Balaban J connectivity index is 2.21. The maximum atomic E-state index is 12.7. The van der Waals surface area contributed by atoms with Gasteiger partial charge in [-0.15, -0.1) is 0 Å². The van der Waals surface area contributed by atoms with Gasteiger partial charge in [0.05, 0.1) is 40.6 Å². The summed E-state index contributed by atoms with van der Waals surface area (Å²) in [5.41, 5.74) is 0.609. The number of hydrogen-bond acceptors (Lipinski definition) is 8. The summed E-state index contributed by atoms with van der Waals surface area (Å²) in [5, 5.41) is 9.35. The Bertz CT molecular complexity index is 1050. The zero-order valence-electron chi connectivity index (χ0n) is 16.6. The average molecular weight is 402 g/mol. The van der Waals surface area contributed by atoms with Crippen molar-refractivity contribution in [3.05, 3.63) is 34.6 Å². The third-order valence-electron chi connectivity index (χ3n) is 4.27. The molecule has 0 fully saturated rings. The predicted octanol–water partition coefficient (Wildman–Crippen LogP) is 2.00. The predicted molar refractivity (Wildman–Crippen MR) is 107 cm³/mol. The summed E-state index contributed by atoms with van der Waals surface area (Å²) >= 11 is 0. The number of rotatable bonds is 8. The minimum atomic E-state index is -0.358. The van der Waals surface area contributed by atoms with Gasteiger partial charge in [0.15, 0.2) is 11.5 Å². The van der Waals surface area contributed by atoms with Crippen molar-refractivity contribution in [1.29, 1.82) is 0 Å². The smallest absolute Gasteiger partial charge is 0.262 e. The van der Waals surface area contributed by atoms with Crippen molar-refractivity contribution >= 4 is 10.9 Å². The van der Waals surface area contributed by atoms with E-state index >= 15 is 0 Å². The molecule has 0 aliphatic heterocycles. The van der Waals surface area contributed by atoms with Crippen LogP contribution in [0, 0.1) is 0 Å². The molecule has 0 aliphatic rings. The van der Waals surface area contributed by atoms with E-state index in [4.69, 9.17) is 28.8 Å². The Kier molecular flexibility index (Phi) is 6.08. The summed E-state index contributed by atoms with van der Waals surface area (Å²) in [6, 6.07) is 6.61. The van der Waals surface area contributed by atoms with E-state index in [0.29, 0.717) is 51.0 Å². The number of H-pyrrole nitrogens is 1. The third-order valence-corrected chi connectivity index (χ3v) is 4.27. The zero-order chi connectivity index (χ0) is 21.0. The van der Waals surface area contributed by atoms with Crippen molar-refractivity contribution in [2.24, 2.45) is 0 Å². The second-order valence-electron chi connectivity index (χ2n) is 5.92. The van der Waals surface area contributed by atoms with Crippen molar-refractivity contribution in [2.45, 2.75) is 0 Å². The molecule has 29 heavy (non-hydrogen) atoms. The summed E-state index contributed by atoms with van der Waals surface area (Å²) in [6.45, 7) is -0.0754. The highest BCUT2D eigenvalue weighted by Crippen LogP contribution is 2.41. The Morgan fingerprint density at radius 2 is 1.59 bits per heavy atom. The Labute approximate surface area is 166 Å². The van der Waals surface area contributed by atoms with Gasteiger partial charge in [-0.05, 0) is 12.1 Å². The van der Waals surface area contributed by atoms with E-state index in [-0.39, 0.29) is 18.8 Å². The highest BCUT2D eigenvalue weighted by atomic mass is 16.5. The fraction of sp³-hybridized carbons (Fsp3) is 0.300. The van der Waals surface area contributed by atoms with Crippen molar-refractivity contribution in [2.75, 3.05) is 41.7 Å². The molecule has 3 aromatic rings. The lowest BCUT2D eigenvalue weighted by molar-refractivity contribution is 0.191. The van der Waals surface area contributed by atoms with Crippen molar-refractivity contribution < 1.29 is 28.8 Å². The molecule has 1 aromatic heterocycles. The van der Waals surface area contributed by atoms with E-state index in [1.165, 1.54) is 28.4 Å². The lowest BCUT2D eigenvalue weighted by Crippen LogP contribution is -2.11. The number of aliphatic hydroxyl groups excluding tert-OH is 1. The molecule has 0 atom stereocenters. The maximum absolute atomic E-state index is 12.7. The molecule has 0 spiro atoms. The van der Waals surface area contributed by atoms with E-state index in [1.807, 2.05) is 0 Å². The zero-order valence-corrected chi connectivity index (χ0v) is 16.6. The van der Waals surface area contributed by atoms with E-state index < -0.39 is 0 Å². The minimum absolute atomic E-state index is 0.0801. The molecule has 0 radical (unpaired) electrons. The van der Waals surface area contributed by atoms with Gasteiger partial charge in [-0.25, -0.2) is 4.98 Å². The first-order chi connectivity index (χ1) is 14.1. The lowest BCUT2D eigenvalue weighted by atomic mass is 10.1. The number of benzene rings is 2. The van der Waals surface area contributed by atoms with Gasteiger partial charge in [0.2, 0.25) is 5.75 Å². The van der Waals surface area contributed by atoms with Crippen LogP contribution in [-0.2, 0) is 0 Å². The molecule has 0 amide bonds. The number of aromatic nitrogens is 2. The molecule has 3 rings (SSSR count). The van der Waals surface area contributed by atoms with Crippen LogP contribution < -0.4 is 29.2 Å². The van der Waals surface area contributed by atoms with Crippen LogP contribution in [-0.4, -0.2) is 56.7 Å². The first-order valence-electron chi connectivity index (χ1n) is 8.72. The maximum Gasteiger partial charge on any atom is 0.262 e. The first-order valence-corrected chi connectivity index (χ1v) is 8.72. The van der Waals surface area contributed by atoms with E-state index in [9.17, 15) is 4.79 Å². The number of hydrogen-bond donors (Lipinski definition) is 2. The van der Waals surface area contributed by atoms with Crippen LogP contribution in [0.5, 0.6) is 28.7 Å². The van der Waals surface area contributed by atoms with Crippen LogP contribution in [0.15, 0.2) is 29.1 Å². The van der Waals surface area contributed by atoms with Gasteiger partial charge in [0.1, 0.15) is 29.3 Å². The third kappa shape index (κ3) is 3.90. The Morgan fingerprint density at radius 3 is 2.14 bits per heavy atom. The molecule has 9 heteroatoms. The molecular weight excluding hydrogens is 380 g/mol. The van der Waals surface area contributed by atoms with Crippen molar-refractivity contribution in [3.63, 3.8) is 0 Å². The van der Waals surface area contributed by atoms with Crippen LogP contribution in [0.25, 0.3) is 22.3 Å². The number of ether oxygens (including phenoxy) is 5. The molecule has 2 aromatic carbocycles. The summed E-state index contributed by atoms with van der Waals surface area (Å²) in [7, 11) is 5.96. The largest absolute Gasteiger partial charge is 0.497 e. The van der Waals surface area contributed by atoms with Crippen LogP contribution >= 0.6 is 0 Å². The molecule has 9 nitrogen and oxygen atoms in total. The number of aromatic amines is 1. The van der Waals surface area contributed by atoms with Crippen molar-refractivity contribution in [3.8, 4) is 40.1 Å². The lowest BCUT2D eigenvalue weighted by Gasteiger charge is -2.16. The monoisotopic (exact) mass is 402 g/mol. The van der Waals surface area contributed by atoms with E-state index in [0.717, 1.165) is 0 Å². The van der Waals surface area contributed by atoms with Crippen LogP contribution in [0.1, 0.15) is 0 Å². The molecule has 0 unspecified atom stereocenters. The molecule has 2 N–H and O–H groups in total. The molecular formula is C20H22N2O7. The minimum Gasteiger partial charge on any atom is -0.497 e.